The molecule has 2 aromatic heterocycles. The minimum atomic E-state index is -3.42. The van der Waals surface area contributed by atoms with Gasteiger partial charge in [0.05, 0.1) is 6.26 Å². The van der Waals surface area contributed by atoms with Crippen molar-refractivity contribution in [2.45, 2.75) is 25.3 Å². The highest BCUT2D eigenvalue weighted by Crippen LogP contribution is 2.30. The van der Waals surface area contributed by atoms with Crippen LogP contribution in [-0.2, 0) is 14.8 Å². The van der Waals surface area contributed by atoms with Gasteiger partial charge in [0.15, 0.2) is 10.9 Å². The van der Waals surface area contributed by atoms with Crippen molar-refractivity contribution in [3.63, 3.8) is 0 Å². The Morgan fingerprint density at radius 2 is 2.15 bits per heavy atom. The van der Waals surface area contributed by atoms with Crippen LogP contribution >= 0.6 is 11.3 Å². The second-order valence-corrected chi connectivity index (χ2v) is 9.35. The topological polar surface area (TPSA) is 92.5 Å². The fourth-order valence-corrected chi connectivity index (χ4v) is 5.13. The number of nitrogens with zero attached hydrogens (tertiary/aromatic N) is 2. The van der Waals surface area contributed by atoms with E-state index in [0.717, 1.165) is 30.1 Å². The molecule has 1 aliphatic rings. The number of rotatable bonds is 4. The summed E-state index contributed by atoms with van der Waals surface area (Å²) in [4.78, 5) is 17.1. The predicted molar refractivity (Wildman–Crippen MR) is 105 cm³/mol. The predicted octanol–water partition coefficient (Wildman–Crippen LogP) is 3.31. The lowest BCUT2D eigenvalue weighted by atomic mass is 10.0. The van der Waals surface area contributed by atoms with Crippen LogP contribution in [0.2, 0.25) is 0 Å². The molecule has 1 atom stereocenters. The summed E-state index contributed by atoms with van der Waals surface area (Å²) in [7, 11) is -3.42. The first-order valence-electron chi connectivity index (χ1n) is 8.64. The van der Waals surface area contributed by atoms with Crippen LogP contribution in [0.15, 0.2) is 40.1 Å². The molecule has 27 heavy (non-hydrogen) atoms. The monoisotopic (exact) mass is 405 g/mol. The Morgan fingerprint density at radius 3 is 2.93 bits per heavy atom. The zero-order chi connectivity index (χ0) is 19.0. The molecule has 4 rings (SSSR count). The summed E-state index contributed by atoms with van der Waals surface area (Å²) in [5.74, 6) is 0.286. The first kappa shape index (κ1) is 18.1. The number of piperidine rings is 1. The van der Waals surface area contributed by atoms with Crippen molar-refractivity contribution in [2.24, 2.45) is 0 Å². The van der Waals surface area contributed by atoms with Crippen molar-refractivity contribution >= 4 is 43.4 Å². The van der Waals surface area contributed by atoms with Gasteiger partial charge >= 0.3 is 0 Å². The van der Waals surface area contributed by atoms with E-state index in [4.69, 9.17) is 4.42 Å². The molecule has 7 nitrogen and oxygen atoms in total. The summed E-state index contributed by atoms with van der Waals surface area (Å²) < 4.78 is 31.0. The molecule has 1 aromatic carbocycles. The summed E-state index contributed by atoms with van der Waals surface area (Å²) in [5.41, 5.74) is 1.41. The Labute approximate surface area is 161 Å². The minimum Gasteiger partial charge on any atom is -0.454 e. The van der Waals surface area contributed by atoms with Crippen LogP contribution in [-0.4, -0.2) is 42.5 Å². The van der Waals surface area contributed by atoms with Crippen LogP contribution in [0, 0.1) is 0 Å². The van der Waals surface area contributed by atoms with Crippen molar-refractivity contribution in [1.82, 2.24) is 9.29 Å². The molecular weight excluding hydrogens is 386 g/mol. The van der Waals surface area contributed by atoms with Crippen LogP contribution < -0.4 is 5.32 Å². The number of furan rings is 1. The Morgan fingerprint density at radius 1 is 1.33 bits per heavy atom. The summed E-state index contributed by atoms with van der Waals surface area (Å²) in [6.07, 6.45) is 3.25. The quantitative estimate of drug-likeness (QED) is 0.719. The highest BCUT2D eigenvalue weighted by atomic mass is 32.2. The third-order valence-corrected chi connectivity index (χ3v) is 6.64. The van der Waals surface area contributed by atoms with E-state index < -0.39 is 16.1 Å². The lowest BCUT2D eigenvalue weighted by molar-refractivity contribution is -0.120. The molecule has 0 radical (unpaired) electrons. The Balaban J connectivity index is 1.52. The molecule has 1 fully saturated rings. The number of benzene rings is 1. The molecule has 3 heterocycles. The molecule has 1 saturated heterocycles. The molecule has 1 amide bonds. The number of amides is 1. The summed E-state index contributed by atoms with van der Waals surface area (Å²) in [6.45, 7) is 0.374. The number of anilines is 1. The maximum atomic E-state index is 12.6. The van der Waals surface area contributed by atoms with Gasteiger partial charge in [0.2, 0.25) is 15.9 Å². The van der Waals surface area contributed by atoms with Crippen LogP contribution in [0.1, 0.15) is 19.3 Å². The maximum absolute atomic E-state index is 12.6. The number of carbonyl (C=O) groups is 1. The van der Waals surface area contributed by atoms with E-state index in [1.165, 1.54) is 15.6 Å². The number of para-hydroxylation sites is 1. The zero-order valence-corrected chi connectivity index (χ0v) is 16.3. The average Bonchev–Trinajstić information content (AvgIpc) is 3.27. The van der Waals surface area contributed by atoms with E-state index in [1.54, 1.807) is 0 Å². The van der Waals surface area contributed by atoms with E-state index in [2.05, 4.69) is 10.3 Å². The number of fused-ring (bicyclic) bond motifs is 1. The molecule has 3 aromatic rings. The number of hydrogen-bond donors (Lipinski definition) is 1. The minimum absolute atomic E-state index is 0.342. The maximum Gasteiger partial charge on any atom is 0.244 e. The second-order valence-electron chi connectivity index (χ2n) is 6.56. The van der Waals surface area contributed by atoms with Crippen molar-refractivity contribution in [2.75, 3.05) is 18.1 Å². The number of hydrogen-bond acceptors (Lipinski definition) is 6. The van der Waals surface area contributed by atoms with Crippen molar-refractivity contribution in [3.05, 3.63) is 35.7 Å². The highest BCUT2D eigenvalue weighted by Gasteiger charge is 2.34. The Bertz CT molecular complexity index is 1050. The molecule has 0 aliphatic carbocycles. The SMILES string of the molecule is CS(=O)(=O)N1CCCCC1C(=O)Nc1nc(-c2cc3ccccc3o2)cs1. The third-order valence-electron chi connectivity index (χ3n) is 4.59. The van der Waals surface area contributed by atoms with E-state index in [9.17, 15) is 13.2 Å². The van der Waals surface area contributed by atoms with Gasteiger partial charge in [0.1, 0.15) is 17.3 Å². The van der Waals surface area contributed by atoms with Crippen molar-refractivity contribution < 1.29 is 17.6 Å². The summed E-state index contributed by atoms with van der Waals surface area (Å²) in [6, 6.07) is 8.90. The molecule has 1 N–H and O–H groups in total. The molecule has 1 aliphatic heterocycles. The first-order valence-corrected chi connectivity index (χ1v) is 11.4. The number of nitrogens with one attached hydrogen (secondary N) is 1. The van der Waals surface area contributed by atoms with Crippen molar-refractivity contribution in [1.29, 1.82) is 0 Å². The highest BCUT2D eigenvalue weighted by molar-refractivity contribution is 7.88. The molecular formula is C18H19N3O4S2. The first-order chi connectivity index (χ1) is 12.9. The van der Waals surface area contributed by atoms with E-state index in [1.807, 2.05) is 35.7 Å². The molecule has 0 spiro atoms. The fraction of sp³-hybridized carbons (Fsp3) is 0.333. The van der Waals surface area contributed by atoms with Gasteiger partial charge in [-0.25, -0.2) is 13.4 Å². The van der Waals surface area contributed by atoms with Gasteiger partial charge in [-0.1, -0.05) is 24.6 Å². The molecule has 9 heteroatoms. The normalized spacial score (nSPS) is 18.6. The lowest BCUT2D eigenvalue weighted by Gasteiger charge is -2.32. The van der Waals surface area contributed by atoms with E-state index in [-0.39, 0.29) is 5.91 Å². The zero-order valence-electron chi connectivity index (χ0n) is 14.7. The third kappa shape index (κ3) is 3.76. The number of carbonyl (C=O) groups excluding carboxylic acids is 1. The van der Waals surface area contributed by atoms with Gasteiger partial charge in [0, 0.05) is 17.3 Å². The fourth-order valence-electron chi connectivity index (χ4n) is 3.31. The Kier molecular flexibility index (Phi) is 4.75. The van der Waals surface area contributed by atoms with Gasteiger partial charge in [-0.2, -0.15) is 4.31 Å². The van der Waals surface area contributed by atoms with E-state index in [0.29, 0.717) is 29.6 Å². The number of thiazole rings is 1. The average molecular weight is 406 g/mol. The van der Waals surface area contributed by atoms with Gasteiger partial charge in [-0.15, -0.1) is 11.3 Å². The standard InChI is InChI=1S/C18H19N3O4S2/c1-27(23,24)21-9-5-4-7-14(21)17(22)20-18-19-13(11-26-18)16-10-12-6-2-3-8-15(12)25-16/h2-3,6,8,10-11,14H,4-5,7,9H2,1H3,(H,19,20,22). The van der Waals surface area contributed by atoms with Crippen LogP contribution in [0.25, 0.3) is 22.4 Å². The molecule has 0 saturated carbocycles. The van der Waals surface area contributed by atoms with Gasteiger partial charge in [0.25, 0.3) is 0 Å². The largest absolute Gasteiger partial charge is 0.454 e. The van der Waals surface area contributed by atoms with Gasteiger partial charge in [-0.3, -0.25) is 4.79 Å². The second kappa shape index (κ2) is 7.06. The van der Waals surface area contributed by atoms with Crippen LogP contribution in [0.3, 0.4) is 0 Å². The number of sulfonamides is 1. The molecule has 0 bridgehead atoms. The smallest absolute Gasteiger partial charge is 0.244 e. The van der Waals surface area contributed by atoms with Gasteiger partial charge in [-0.05, 0) is 25.0 Å². The molecule has 1 unspecified atom stereocenters. The van der Waals surface area contributed by atoms with E-state index >= 15 is 0 Å². The van der Waals surface area contributed by atoms with Crippen LogP contribution in [0.4, 0.5) is 5.13 Å². The summed E-state index contributed by atoms with van der Waals surface area (Å²) in [5, 5.41) is 5.98. The molecule has 142 valence electrons. The van der Waals surface area contributed by atoms with Crippen molar-refractivity contribution in [3.8, 4) is 11.5 Å². The van der Waals surface area contributed by atoms with Gasteiger partial charge < -0.3 is 9.73 Å². The number of aromatic nitrogens is 1. The summed E-state index contributed by atoms with van der Waals surface area (Å²) >= 11 is 1.28. The van der Waals surface area contributed by atoms with Crippen LogP contribution in [0.5, 0.6) is 0 Å². The Hall–Kier alpha value is -2.23. The lowest BCUT2D eigenvalue weighted by Crippen LogP contribution is -2.49.